The highest BCUT2D eigenvalue weighted by molar-refractivity contribution is 9.10. The molecule has 7 heteroatoms. The van der Waals surface area contributed by atoms with Crippen LogP contribution in [0.5, 0.6) is 5.75 Å². The van der Waals surface area contributed by atoms with E-state index in [2.05, 4.69) is 31.4 Å². The van der Waals surface area contributed by atoms with E-state index in [4.69, 9.17) is 4.74 Å². The molecule has 0 bridgehead atoms. The Morgan fingerprint density at radius 1 is 1.53 bits per heavy atom. The van der Waals surface area contributed by atoms with Gasteiger partial charge in [0, 0.05) is 11.5 Å². The molecule has 6 nitrogen and oxygen atoms in total. The summed E-state index contributed by atoms with van der Waals surface area (Å²) in [5.74, 6) is 0.988. The van der Waals surface area contributed by atoms with E-state index in [0.29, 0.717) is 23.7 Å². The number of carbonyl (C=O) groups excluding carboxylic acids is 1. The second-order valence-electron chi connectivity index (χ2n) is 3.89. The third-order valence-electron chi connectivity index (χ3n) is 2.62. The number of hydrogen-bond acceptors (Lipinski definition) is 4. The molecule has 1 N–H and O–H groups in total. The van der Waals surface area contributed by atoms with Gasteiger partial charge in [0.1, 0.15) is 12.1 Å². The molecule has 100 valence electrons. The fourth-order valence-corrected chi connectivity index (χ4v) is 1.91. The fourth-order valence-electron chi connectivity index (χ4n) is 1.57. The van der Waals surface area contributed by atoms with Gasteiger partial charge in [-0.25, -0.2) is 0 Å². The standard InChI is InChI=1S/C12H13BrN4O2/c1-17-7-15-16-11(17)6-14-12(18)9-4-3-8(13)5-10(9)19-2/h3-5,7H,6H2,1-2H3,(H,14,18). The number of aryl methyl sites for hydroxylation is 1. The Bertz CT molecular complexity index is 597. The van der Waals surface area contributed by atoms with E-state index in [-0.39, 0.29) is 5.91 Å². The van der Waals surface area contributed by atoms with Crippen molar-refractivity contribution in [1.82, 2.24) is 20.1 Å². The summed E-state index contributed by atoms with van der Waals surface area (Å²) in [4.78, 5) is 12.1. The van der Waals surface area contributed by atoms with Crippen molar-refractivity contribution in [3.05, 3.63) is 40.4 Å². The highest BCUT2D eigenvalue weighted by Crippen LogP contribution is 2.23. The Morgan fingerprint density at radius 2 is 2.32 bits per heavy atom. The number of methoxy groups -OCH3 is 1. The second kappa shape index (κ2) is 5.83. The molecule has 0 radical (unpaired) electrons. The van der Waals surface area contributed by atoms with Crippen LogP contribution in [0.4, 0.5) is 0 Å². The first-order valence-corrected chi connectivity index (χ1v) is 6.35. The minimum absolute atomic E-state index is 0.215. The number of nitrogens with zero attached hydrogens (tertiary/aromatic N) is 3. The summed E-state index contributed by atoms with van der Waals surface area (Å²) in [6, 6.07) is 5.24. The molecule has 1 amide bonds. The van der Waals surface area contributed by atoms with Crippen LogP contribution in [0.15, 0.2) is 29.0 Å². The zero-order valence-corrected chi connectivity index (χ0v) is 12.1. The maximum Gasteiger partial charge on any atom is 0.255 e. The topological polar surface area (TPSA) is 69.0 Å². The van der Waals surface area contributed by atoms with Crippen molar-refractivity contribution in [1.29, 1.82) is 0 Å². The van der Waals surface area contributed by atoms with Gasteiger partial charge in [0.15, 0.2) is 5.82 Å². The first-order chi connectivity index (χ1) is 9.11. The summed E-state index contributed by atoms with van der Waals surface area (Å²) < 4.78 is 7.79. The molecule has 2 aromatic rings. The van der Waals surface area contributed by atoms with Crippen molar-refractivity contribution in [2.45, 2.75) is 6.54 Å². The Balaban J connectivity index is 2.10. The van der Waals surface area contributed by atoms with Gasteiger partial charge in [0.2, 0.25) is 0 Å². The lowest BCUT2D eigenvalue weighted by Crippen LogP contribution is -2.24. The lowest BCUT2D eigenvalue weighted by Gasteiger charge is -2.09. The van der Waals surface area contributed by atoms with E-state index >= 15 is 0 Å². The van der Waals surface area contributed by atoms with Gasteiger partial charge in [-0.15, -0.1) is 10.2 Å². The maximum absolute atomic E-state index is 12.1. The van der Waals surface area contributed by atoms with Gasteiger partial charge in [-0.3, -0.25) is 4.79 Å². The minimum atomic E-state index is -0.215. The quantitative estimate of drug-likeness (QED) is 0.925. The van der Waals surface area contributed by atoms with Crippen molar-refractivity contribution in [2.75, 3.05) is 7.11 Å². The molecule has 0 aliphatic heterocycles. The molecular formula is C12H13BrN4O2. The van der Waals surface area contributed by atoms with Crippen molar-refractivity contribution < 1.29 is 9.53 Å². The summed E-state index contributed by atoms with van der Waals surface area (Å²) in [6.45, 7) is 0.314. The van der Waals surface area contributed by atoms with E-state index < -0.39 is 0 Å². The Morgan fingerprint density at radius 3 is 2.95 bits per heavy atom. The van der Waals surface area contributed by atoms with E-state index in [0.717, 1.165) is 4.47 Å². The van der Waals surface area contributed by atoms with Crippen LogP contribution in [0.2, 0.25) is 0 Å². The Kier molecular flexibility index (Phi) is 4.16. The van der Waals surface area contributed by atoms with Crippen LogP contribution in [0, 0.1) is 0 Å². The molecule has 0 unspecified atom stereocenters. The largest absolute Gasteiger partial charge is 0.496 e. The van der Waals surface area contributed by atoms with Gasteiger partial charge in [0.05, 0.1) is 19.2 Å². The number of nitrogens with one attached hydrogen (secondary N) is 1. The van der Waals surface area contributed by atoms with Crippen molar-refractivity contribution in [2.24, 2.45) is 7.05 Å². The summed E-state index contributed by atoms with van der Waals surface area (Å²) in [7, 11) is 3.35. The first kappa shape index (κ1) is 13.5. The molecule has 0 saturated carbocycles. The van der Waals surface area contributed by atoms with Gasteiger partial charge in [-0.2, -0.15) is 0 Å². The van der Waals surface area contributed by atoms with Crippen LogP contribution in [-0.4, -0.2) is 27.8 Å². The molecule has 19 heavy (non-hydrogen) atoms. The van der Waals surface area contributed by atoms with Crippen LogP contribution in [0.25, 0.3) is 0 Å². The number of carbonyl (C=O) groups is 1. The molecule has 2 rings (SSSR count). The SMILES string of the molecule is COc1cc(Br)ccc1C(=O)NCc1nncn1C. The normalized spacial score (nSPS) is 10.3. The summed E-state index contributed by atoms with van der Waals surface area (Å²) in [6.07, 6.45) is 1.59. The molecule has 1 heterocycles. The van der Waals surface area contributed by atoms with E-state index in [1.807, 2.05) is 7.05 Å². The van der Waals surface area contributed by atoms with Crippen LogP contribution in [0.1, 0.15) is 16.2 Å². The first-order valence-electron chi connectivity index (χ1n) is 5.56. The average Bonchev–Trinajstić information content (AvgIpc) is 2.81. The number of halogens is 1. The monoisotopic (exact) mass is 324 g/mol. The van der Waals surface area contributed by atoms with E-state index in [1.54, 1.807) is 29.1 Å². The average molecular weight is 325 g/mol. The Hall–Kier alpha value is -1.89. The molecular weight excluding hydrogens is 312 g/mol. The zero-order valence-electron chi connectivity index (χ0n) is 10.6. The number of benzene rings is 1. The van der Waals surface area contributed by atoms with Gasteiger partial charge < -0.3 is 14.6 Å². The second-order valence-corrected chi connectivity index (χ2v) is 4.80. The van der Waals surface area contributed by atoms with Crippen molar-refractivity contribution in [3.8, 4) is 5.75 Å². The van der Waals surface area contributed by atoms with Gasteiger partial charge in [0.25, 0.3) is 5.91 Å². The number of ether oxygens (including phenoxy) is 1. The third-order valence-corrected chi connectivity index (χ3v) is 3.11. The fraction of sp³-hybridized carbons (Fsp3) is 0.250. The Labute approximate surface area is 118 Å². The molecule has 0 atom stereocenters. The van der Waals surface area contributed by atoms with Gasteiger partial charge in [-0.1, -0.05) is 15.9 Å². The zero-order chi connectivity index (χ0) is 13.8. The molecule has 0 aliphatic carbocycles. The van der Waals surface area contributed by atoms with Gasteiger partial charge in [-0.05, 0) is 18.2 Å². The van der Waals surface area contributed by atoms with Crippen molar-refractivity contribution >= 4 is 21.8 Å². The summed E-state index contributed by atoms with van der Waals surface area (Å²) >= 11 is 3.33. The van der Waals surface area contributed by atoms with E-state index in [9.17, 15) is 4.79 Å². The summed E-state index contributed by atoms with van der Waals surface area (Å²) in [5, 5.41) is 10.4. The predicted molar refractivity (Wildman–Crippen MR) is 72.9 cm³/mol. The number of aromatic nitrogens is 3. The lowest BCUT2D eigenvalue weighted by atomic mass is 10.2. The molecule has 1 aromatic carbocycles. The van der Waals surface area contributed by atoms with Crippen LogP contribution in [0.3, 0.4) is 0 Å². The molecule has 0 aliphatic rings. The highest BCUT2D eigenvalue weighted by atomic mass is 79.9. The molecule has 0 spiro atoms. The maximum atomic E-state index is 12.1. The molecule has 0 saturated heterocycles. The van der Waals surface area contributed by atoms with Gasteiger partial charge >= 0.3 is 0 Å². The third kappa shape index (κ3) is 3.11. The number of amides is 1. The highest BCUT2D eigenvalue weighted by Gasteiger charge is 2.13. The number of rotatable bonds is 4. The minimum Gasteiger partial charge on any atom is -0.496 e. The van der Waals surface area contributed by atoms with Crippen LogP contribution in [-0.2, 0) is 13.6 Å². The summed E-state index contributed by atoms with van der Waals surface area (Å²) in [5.41, 5.74) is 0.480. The van der Waals surface area contributed by atoms with Crippen LogP contribution < -0.4 is 10.1 Å². The number of hydrogen-bond donors (Lipinski definition) is 1. The molecule has 1 aromatic heterocycles. The van der Waals surface area contributed by atoms with Crippen LogP contribution >= 0.6 is 15.9 Å². The predicted octanol–water partition coefficient (Wildman–Crippen LogP) is 1.52. The smallest absolute Gasteiger partial charge is 0.255 e. The van der Waals surface area contributed by atoms with Crippen molar-refractivity contribution in [3.63, 3.8) is 0 Å². The lowest BCUT2D eigenvalue weighted by molar-refractivity contribution is 0.0946. The van der Waals surface area contributed by atoms with E-state index in [1.165, 1.54) is 7.11 Å². The molecule has 0 fully saturated rings.